The van der Waals surface area contributed by atoms with Crippen LogP contribution in [0.1, 0.15) is 11.3 Å². The van der Waals surface area contributed by atoms with Crippen molar-refractivity contribution in [3.8, 4) is 0 Å². The SMILES string of the molecule is Cc1nnc(NN=Cc2c(F)cccc2F)[nH]c1=O. The first-order chi connectivity index (χ1) is 9.08. The molecule has 0 spiro atoms. The number of H-pyrrole nitrogens is 1. The molecular weight excluding hydrogens is 256 g/mol. The number of benzene rings is 1. The Labute approximate surface area is 106 Å². The predicted molar refractivity (Wildman–Crippen MR) is 65.0 cm³/mol. The fourth-order valence-corrected chi connectivity index (χ4v) is 1.24. The minimum atomic E-state index is -0.742. The van der Waals surface area contributed by atoms with E-state index in [9.17, 15) is 13.6 Å². The second-order valence-electron chi connectivity index (χ2n) is 3.59. The topological polar surface area (TPSA) is 83.0 Å². The second kappa shape index (κ2) is 5.34. The summed E-state index contributed by atoms with van der Waals surface area (Å²) >= 11 is 0. The number of aromatic amines is 1. The van der Waals surface area contributed by atoms with E-state index in [1.807, 2.05) is 0 Å². The minimum absolute atomic E-state index is 0.0244. The molecular formula is C11H9F2N5O. The molecule has 1 aromatic carbocycles. The summed E-state index contributed by atoms with van der Waals surface area (Å²) in [5, 5.41) is 10.7. The van der Waals surface area contributed by atoms with Crippen LogP contribution in [-0.4, -0.2) is 21.4 Å². The van der Waals surface area contributed by atoms with Crippen LogP contribution in [0.3, 0.4) is 0 Å². The molecule has 6 nitrogen and oxygen atoms in total. The van der Waals surface area contributed by atoms with Gasteiger partial charge in [-0.05, 0) is 19.1 Å². The fraction of sp³-hybridized carbons (Fsp3) is 0.0909. The lowest BCUT2D eigenvalue weighted by Gasteiger charge is -1.99. The summed E-state index contributed by atoms with van der Waals surface area (Å²) in [6.07, 6.45) is 0.949. The number of halogens is 2. The molecule has 8 heteroatoms. The van der Waals surface area contributed by atoms with E-state index in [1.165, 1.54) is 13.0 Å². The van der Waals surface area contributed by atoms with Crippen molar-refractivity contribution in [1.82, 2.24) is 15.2 Å². The third kappa shape index (κ3) is 2.97. The van der Waals surface area contributed by atoms with Gasteiger partial charge in [0.25, 0.3) is 5.56 Å². The van der Waals surface area contributed by atoms with Crippen molar-refractivity contribution in [2.24, 2.45) is 5.10 Å². The molecule has 0 atom stereocenters. The van der Waals surface area contributed by atoms with Crippen LogP contribution in [0.2, 0.25) is 0 Å². The molecule has 2 rings (SSSR count). The molecule has 0 saturated heterocycles. The smallest absolute Gasteiger partial charge is 0.274 e. The Morgan fingerprint density at radius 2 is 2.00 bits per heavy atom. The van der Waals surface area contributed by atoms with Crippen LogP contribution in [0.5, 0.6) is 0 Å². The van der Waals surface area contributed by atoms with Gasteiger partial charge in [-0.3, -0.25) is 9.78 Å². The van der Waals surface area contributed by atoms with Gasteiger partial charge in [0, 0.05) is 0 Å². The number of hydrogen-bond acceptors (Lipinski definition) is 5. The van der Waals surface area contributed by atoms with Crippen LogP contribution in [0, 0.1) is 18.6 Å². The zero-order valence-electron chi connectivity index (χ0n) is 9.82. The third-order valence-corrected chi connectivity index (χ3v) is 2.22. The fourth-order valence-electron chi connectivity index (χ4n) is 1.24. The lowest BCUT2D eigenvalue weighted by molar-refractivity contribution is 0.580. The highest BCUT2D eigenvalue weighted by Crippen LogP contribution is 2.09. The maximum absolute atomic E-state index is 13.2. The highest BCUT2D eigenvalue weighted by atomic mass is 19.1. The monoisotopic (exact) mass is 265 g/mol. The standard InChI is InChI=1S/C11H9F2N5O/c1-6-10(19)15-11(18-16-6)17-14-5-7-8(12)3-2-4-9(7)13/h2-5H,1H3,(H2,15,17,18,19). The van der Waals surface area contributed by atoms with E-state index < -0.39 is 17.2 Å². The molecule has 0 unspecified atom stereocenters. The Kier molecular flexibility index (Phi) is 3.60. The van der Waals surface area contributed by atoms with E-state index in [2.05, 4.69) is 25.7 Å². The summed E-state index contributed by atoms with van der Waals surface area (Å²) in [6.45, 7) is 1.49. The molecule has 0 aliphatic heterocycles. The van der Waals surface area contributed by atoms with E-state index in [-0.39, 0.29) is 17.2 Å². The number of hydrogen-bond donors (Lipinski definition) is 2. The van der Waals surface area contributed by atoms with Crippen LogP contribution in [0.25, 0.3) is 0 Å². The molecule has 0 bridgehead atoms. The average molecular weight is 265 g/mol. The molecule has 0 aliphatic carbocycles. The van der Waals surface area contributed by atoms with Crippen molar-refractivity contribution >= 4 is 12.2 Å². The second-order valence-corrected chi connectivity index (χ2v) is 3.59. The van der Waals surface area contributed by atoms with E-state index in [0.717, 1.165) is 18.3 Å². The van der Waals surface area contributed by atoms with Crippen molar-refractivity contribution < 1.29 is 8.78 Å². The molecule has 1 aromatic heterocycles. The first-order valence-corrected chi connectivity index (χ1v) is 5.24. The molecule has 2 N–H and O–H groups in total. The summed E-state index contributed by atoms with van der Waals surface area (Å²) in [5.41, 5.74) is 1.81. The van der Waals surface area contributed by atoms with Crippen molar-refractivity contribution in [3.05, 3.63) is 51.4 Å². The van der Waals surface area contributed by atoms with Crippen LogP contribution >= 0.6 is 0 Å². The van der Waals surface area contributed by atoms with Crippen LogP contribution in [-0.2, 0) is 0 Å². The van der Waals surface area contributed by atoms with Gasteiger partial charge >= 0.3 is 0 Å². The van der Waals surface area contributed by atoms with E-state index >= 15 is 0 Å². The number of rotatable bonds is 3. The number of anilines is 1. The number of aromatic nitrogens is 3. The van der Waals surface area contributed by atoms with Gasteiger partial charge in [0.1, 0.15) is 17.3 Å². The highest BCUT2D eigenvalue weighted by Gasteiger charge is 2.05. The maximum atomic E-state index is 13.2. The number of hydrazone groups is 1. The molecule has 19 heavy (non-hydrogen) atoms. The summed E-state index contributed by atoms with van der Waals surface area (Å²) in [6, 6.07) is 3.47. The number of aryl methyl sites for hydroxylation is 1. The normalized spacial score (nSPS) is 10.9. The van der Waals surface area contributed by atoms with Crippen molar-refractivity contribution in [1.29, 1.82) is 0 Å². The molecule has 0 saturated carbocycles. The maximum Gasteiger partial charge on any atom is 0.274 e. The van der Waals surface area contributed by atoms with Crippen molar-refractivity contribution in [3.63, 3.8) is 0 Å². The Bertz CT molecular complexity index is 663. The zero-order valence-corrected chi connectivity index (χ0v) is 9.82. The van der Waals surface area contributed by atoms with Gasteiger partial charge in [0.15, 0.2) is 0 Å². The Morgan fingerprint density at radius 1 is 1.32 bits per heavy atom. The molecule has 1 heterocycles. The van der Waals surface area contributed by atoms with Crippen molar-refractivity contribution in [2.75, 3.05) is 5.43 Å². The first-order valence-electron chi connectivity index (χ1n) is 5.24. The summed E-state index contributed by atoms with van der Waals surface area (Å²) in [4.78, 5) is 13.6. The van der Waals surface area contributed by atoms with Gasteiger partial charge in [0.05, 0.1) is 11.8 Å². The largest absolute Gasteiger partial charge is 0.288 e. The Balaban J connectivity index is 2.16. The predicted octanol–water partition coefficient (Wildman–Crippen LogP) is 1.20. The van der Waals surface area contributed by atoms with Crippen molar-refractivity contribution in [2.45, 2.75) is 6.92 Å². The van der Waals surface area contributed by atoms with E-state index in [1.54, 1.807) is 0 Å². The van der Waals surface area contributed by atoms with Crippen LogP contribution < -0.4 is 11.0 Å². The summed E-state index contributed by atoms with van der Waals surface area (Å²) in [7, 11) is 0. The van der Waals surface area contributed by atoms with Gasteiger partial charge in [-0.1, -0.05) is 6.07 Å². The first kappa shape index (κ1) is 12.8. The van der Waals surface area contributed by atoms with E-state index in [4.69, 9.17) is 0 Å². The third-order valence-electron chi connectivity index (χ3n) is 2.22. The Hall–Kier alpha value is -2.64. The lowest BCUT2D eigenvalue weighted by Crippen LogP contribution is -2.15. The Morgan fingerprint density at radius 3 is 2.63 bits per heavy atom. The van der Waals surface area contributed by atoms with E-state index in [0.29, 0.717) is 0 Å². The minimum Gasteiger partial charge on any atom is -0.288 e. The van der Waals surface area contributed by atoms with Crippen LogP contribution in [0.4, 0.5) is 14.7 Å². The van der Waals surface area contributed by atoms with Crippen LogP contribution in [0.15, 0.2) is 28.1 Å². The lowest BCUT2D eigenvalue weighted by atomic mass is 10.2. The molecule has 0 radical (unpaired) electrons. The zero-order chi connectivity index (χ0) is 13.8. The quantitative estimate of drug-likeness (QED) is 0.645. The van der Waals surface area contributed by atoms with Gasteiger partial charge < -0.3 is 0 Å². The molecule has 2 aromatic rings. The van der Waals surface area contributed by atoms with Gasteiger partial charge in [-0.15, -0.1) is 10.2 Å². The molecule has 0 fully saturated rings. The van der Waals surface area contributed by atoms with Gasteiger partial charge in [0.2, 0.25) is 5.95 Å². The summed E-state index contributed by atoms with van der Waals surface area (Å²) in [5.74, 6) is -1.51. The molecule has 98 valence electrons. The highest BCUT2D eigenvalue weighted by molar-refractivity contribution is 5.80. The number of nitrogens with one attached hydrogen (secondary N) is 2. The average Bonchev–Trinajstić information content (AvgIpc) is 2.37. The van der Waals surface area contributed by atoms with Gasteiger partial charge in [-0.25, -0.2) is 14.2 Å². The van der Waals surface area contributed by atoms with Gasteiger partial charge in [-0.2, -0.15) is 5.10 Å². The number of nitrogens with zero attached hydrogens (tertiary/aromatic N) is 3. The molecule has 0 aliphatic rings. The summed E-state index contributed by atoms with van der Waals surface area (Å²) < 4.78 is 26.5. The molecule has 0 amide bonds.